The van der Waals surface area contributed by atoms with E-state index >= 15 is 0 Å². The lowest BCUT2D eigenvalue weighted by Gasteiger charge is -2.07. The third kappa shape index (κ3) is 2.22. The average Bonchev–Trinajstić information content (AvgIpc) is 3.08. The first-order valence-electron chi connectivity index (χ1n) is 7.81. The normalized spacial score (nSPS) is 11.1. The summed E-state index contributed by atoms with van der Waals surface area (Å²) in [5.41, 5.74) is 5.08. The minimum atomic E-state index is 0.605. The molecule has 0 atom stereocenters. The summed E-state index contributed by atoms with van der Waals surface area (Å²) >= 11 is 0. The van der Waals surface area contributed by atoms with E-state index in [2.05, 4.69) is 82.9 Å². The van der Waals surface area contributed by atoms with Crippen molar-refractivity contribution in [1.82, 2.24) is 9.13 Å². The fourth-order valence-electron chi connectivity index (χ4n) is 3.45. The predicted molar refractivity (Wildman–Crippen MR) is 96.5 cm³/mol. The number of rotatable bonds is 3. The molecule has 0 saturated heterocycles. The maximum Gasteiger partial charge on any atom is 0.0837 e. The molecular weight excluding hydrogens is 280 g/mol. The average molecular weight is 298 g/mol. The first-order chi connectivity index (χ1) is 11.3. The Labute approximate surface area is 136 Å². The molecule has 23 heavy (non-hydrogen) atoms. The van der Waals surface area contributed by atoms with Crippen LogP contribution in [0.5, 0.6) is 0 Å². The van der Waals surface area contributed by atoms with Crippen LogP contribution in [0.3, 0.4) is 0 Å². The summed E-state index contributed by atoms with van der Waals surface area (Å²) in [6.07, 6.45) is 8.70. The van der Waals surface area contributed by atoms with E-state index in [1.165, 1.54) is 33.1 Å². The standard InChI is InChI=1S/C21H18N2/c1-3-12-23-18(13-16-8-4-6-10-20(16)23)14-17-15-22(2)21-11-7-5-9-19(17)21/h1,4-11,13,15H,12,14H2,2H3. The Morgan fingerprint density at radius 2 is 1.74 bits per heavy atom. The molecular formula is C21H18N2. The maximum absolute atomic E-state index is 5.59. The Bertz CT molecular complexity index is 1040. The molecule has 4 rings (SSSR count). The minimum Gasteiger partial charge on any atom is -0.350 e. The maximum atomic E-state index is 5.59. The molecule has 2 heteroatoms. The predicted octanol–water partition coefficient (Wildman–Crippen LogP) is 4.36. The Kier molecular flexibility index (Phi) is 3.20. The van der Waals surface area contributed by atoms with Gasteiger partial charge in [0.1, 0.15) is 0 Å². The summed E-state index contributed by atoms with van der Waals surface area (Å²) in [5.74, 6) is 2.79. The lowest BCUT2D eigenvalue weighted by Crippen LogP contribution is -2.02. The number of benzene rings is 2. The number of hydrogen-bond donors (Lipinski definition) is 0. The molecule has 0 unspecified atom stereocenters. The molecule has 0 fully saturated rings. The Morgan fingerprint density at radius 3 is 2.57 bits per heavy atom. The number of fused-ring (bicyclic) bond motifs is 2. The Morgan fingerprint density at radius 1 is 1.00 bits per heavy atom. The zero-order chi connectivity index (χ0) is 15.8. The van der Waals surface area contributed by atoms with Crippen molar-refractivity contribution in [3.63, 3.8) is 0 Å². The third-order valence-electron chi connectivity index (χ3n) is 4.50. The van der Waals surface area contributed by atoms with E-state index in [1.54, 1.807) is 0 Å². The van der Waals surface area contributed by atoms with Gasteiger partial charge in [-0.25, -0.2) is 0 Å². The molecule has 0 bridgehead atoms. The van der Waals surface area contributed by atoms with Gasteiger partial charge in [-0.3, -0.25) is 0 Å². The van der Waals surface area contributed by atoms with Crippen molar-refractivity contribution in [1.29, 1.82) is 0 Å². The van der Waals surface area contributed by atoms with E-state index in [9.17, 15) is 0 Å². The number of hydrogen-bond acceptors (Lipinski definition) is 0. The Hall–Kier alpha value is -2.92. The quantitative estimate of drug-likeness (QED) is 0.497. The first-order valence-corrected chi connectivity index (χ1v) is 7.81. The van der Waals surface area contributed by atoms with Crippen molar-refractivity contribution in [2.45, 2.75) is 13.0 Å². The zero-order valence-electron chi connectivity index (χ0n) is 13.2. The lowest BCUT2D eigenvalue weighted by atomic mass is 10.1. The van der Waals surface area contributed by atoms with E-state index in [-0.39, 0.29) is 0 Å². The molecule has 2 aromatic heterocycles. The molecule has 0 radical (unpaired) electrons. The van der Waals surface area contributed by atoms with Crippen LogP contribution in [0.4, 0.5) is 0 Å². The van der Waals surface area contributed by atoms with Crippen molar-refractivity contribution in [3.8, 4) is 12.3 Å². The fraction of sp³-hybridized carbons (Fsp3) is 0.143. The van der Waals surface area contributed by atoms with Gasteiger partial charge in [-0.1, -0.05) is 42.3 Å². The second-order valence-electron chi connectivity index (χ2n) is 5.94. The SMILES string of the molecule is C#CCn1c(Cc2cn(C)c3ccccc23)cc2ccccc21. The van der Waals surface area contributed by atoms with Gasteiger partial charge in [-0.05, 0) is 29.1 Å². The fourth-order valence-corrected chi connectivity index (χ4v) is 3.45. The van der Waals surface area contributed by atoms with E-state index in [0.29, 0.717) is 6.54 Å². The zero-order valence-corrected chi connectivity index (χ0v) is 13.2. The van der Waals surface area contributed by atoms with Gasteiger partial charge < -0.3 is 9.13 Å². The molecule has 4 aromatic rings. The van der Waals surface area contributed by atoms with Gasteiger partial charge in [0.2, 0.25) is 0 Å². The van der Waals surface area contributed by atoms with Gasteiger partial charge in [0, 0.05) is 41.8 Å². The van der Waals surface area contributed by atoms with Crippen molar-refractivity contribution in [2.24, 2.45) is 7.05 Å². The topological polar surface area (TPSA) is 9.86 Å². The molecule has 0 aliphatic rings. The monoisotopic (exact) mass is 298 g/mol. The second-order valence-corrected chi connectivity index (χ2v) is 5.94. The highest BCUT2D eigenvalue weighted by atomic mass is 15.0. The summed E-state index contributed by atoms with van der Waals surface area (Å²) in [5, 5.41) is 2.56. The second kappa shape index (κ2) is 5.37. The molecule has 0 spiro atoms. The number of aryl methyl sites for hydroxylation is 1. The van der Waals surface area contributed by atoms with E-state index < -0.39 is 0 Å². The van der Waals surface area contributed by atoms with E-state index in [0.717, 1.165) is 6.42 Å². The third-order valence-corrected chi connectivity index (χ3v) is 4.50. The van der Waals surface area contributed by atoms with Crippen LogP contribution in [-0.4, -0.2) is 9.13 Å². The number of aromatic nitrogens is 2. The molecule has 2 nitrogen and oxygen atoms in total. The van der Waals surface area contributed by atoms with Gasteiger partial charge in [0.25, 0.3) is 0 Å². The highest BCUT2D eigenvalue weighted by Gasteiger charge is 2.12. The molecule has 0 N–H and O–H groups in total. The number of nitrogens with zero attached hydrogens (tertiary/aromatic N) is 2. The van der Waals surface area contributed by atoms with Crippen LogP contribution >= 0.6 is 0 Å². The first kappa shape index (κ1) is 13.7. The molecule has 2 heterocycles. The molecule has 0 aliphatic carbocycles. The van der Waals surface area contributed by atoms with Crippen LogP contribution in [-0.2, 0) is 20.0 Å². The molecule has 0 amide bonds. The van der Waals surface area contributed by atoms with Crippen LogP contribution < -0.4 is 0 Å². The van der Waals surface area contributed by atoms with Crippen LogP contribution in [0.2, 0.25) is 0 Å². The van der Waals surface area contributed by atoms with Gasteiger partial charge in [0.05, 0.1) is 6.54 Å². The largest absolute Gasteiger partial charge is 0.350 e. The Balaban J connectivity index is 1.86. The van der Waals surface area contributed by atoms with Gasteiger partial charge in [0.15, 0.2) is 0 Å². The summed E-state index contributed by atoms with van der Waals surface area (Å²) in [7, 11) is 2.10. The van der Waals surface area contributed by atoms with Crippen molar-refractivity contribution in [3.05, 3.63) is 72.1 Å². The van der Waals surface area contributed by atoms with Gasteiger partial charge in [-0.15, -0.1) is 6.42 Å². The molecule has 0 aliphatic heterocycles. The number of terminal acetylenes is 1. The minimum absolute atomic E-state index is 0.605. The van der Waals surface area contributed by atoms with Crippen molar-refractivity contribution >= 4 is 21.8 Å². The molecule has 2 aromatic carbocycles. The van der Waals surface area contributed by atoms with Crippen LogP contribution in [0.1, 0.15) is 11.3 Å². The van der Waals surface area contributed by atoms with Gasteiger partial charge in [-0.2, -0.15) is 0 Å². The number of para-hydroxylation sites is 2. The van der Waals surface area contributed by atoms with Crippen LogP contribution in [0.25, 0.3) is 21.8 Å². The summed E-state index contributed by atoms with van der Waals surface area (Å²) in [6, 6.07) is 19.2. The lowest BCUT2D eigenvalue weighted by molar-refractivity contribution is 0.821. The summed E-state index contributed by atoms with van der Waals surface area (Å²) < 4.78 is 4.44. The van der Waals surface area contributed by atoms with Crippen molar-refractivity contribution < 1.29 is 0 Å². The summed E-state index contributed by atoms with van der Waals surface area (Å²) in [6.45, 7) is 0.605. The van der Waals surface area contributed by atoms with Crippen LogP contribution in [0, 0.1) is 12.3 Å². The molecule has 0 saturated carbocycles. The smallest absolute Gasteiger partial charge is 0.0837 e. The van der Waals surface area contributed by atoms with Gasteiger partial charge >= 0.3 is 0 Å². The van der Waals surface area contributed by atoms with Crippen molar-refractivity contribution in [2.75, 3.05) is 0 Å². The highest BCUT2D eigenvalue weighted by Crippen LogP contribution is 2.26. The van der Waals surface area contributed by atoms with Crippen LogP contribution in [0.15, 0.2) is 60.8 Å². The van der Waals surface area contributed by atoms with E-state index in [4.69, 9.17) is 6.42 Å². The molecule has 112 valence electrons. The highest BCUT2D eigenvalue weighted by molar-refractivity contribution is 5.85. The van der Waals surface area contributed by atoms with E-state index in [1.807, 2.05) is 0 Å². The summed E-state index contributed by atoms with van der Waals surface area (Å²) in [4.78, 5) is 0.